The van der Waals surface area contributed by atoms with E-state index in [0.717, 1.165) is 55.8 Å². The predicted octanol–water partition coefficient (Wildman–Crippen LogP) is 7.85. The molecule has 0 aliphatic carbocycles. The van der Waals surface area contributed by atoms with Gasteiger partial charge in [0.25, 0.3) is 0 Å². The highest BCUT2D eigenvalue weighted by molar-refractivity contribution is 6.10. The van der Waals surface area contributed by atoms with Crippen LogP contribution in [-0.2, 0) is 0 Å². The molecule has 5 nitrogen and oxygen atoms in total. The fourth-order valence-corrected chi connectivity index (χ4v) is 4.06. The number of para-hydroxylation sites is 2. The minimum atomic E-state index is 0.427. The van der Waals surface area contributed by atoms with Gasteiger partial charge in [0.15, 0.2) is 0 Å². The fourth-order valence-electron chi connectivity index (χ4n) is 4.06. The monoisotopic (exact) mass is 432 g/mol. The van der Waals surface area contributed by atoms with Gasteiger partial charge < -0.3 is 25.9 Å². The van der Waals surface area contributed by atoms with Crippen LogP contribution in [0, 0.1) is 10.8 Å². The SMILES string of the molecule is CC(=N)c1cc(C(C)=N)c(Nc2ccc3c(c2)oc2ccccc23)cc1Nc1ccccc1. The van der Waals surface area contributed by atoms with Crippen LogP contribution in [0.15, 0.2) is 89.3 Å². The Balaban J connectivity index is 1.58. The Morgan fingerprint density at radius 2 is 1.21 bits per heavy atom. The molecule has 1 heterocycles. The number of benzene rings is 4. The first-order chi connectivity index (χ1) is 16.0. The molecule has 0 atom stereocenters. The molecule has 4 N–H and O–H groups in total. The van der Waals surface area contributed by atoms with Crippen LogP contribution in [-0.4, -0.2) is 11.4 Å². The third-order valence-corrected chi connectivity index (χ3v) is 5.68. The Morgan fingerprint density at radius 3 is 1.91 bits per heavy atom. The molecule has 33 heavy (non-hydrogen) atoms. The van der Waals surface area contributed by atoms with Crippen LogP contribution >= 0.6 is 0 Å². The first kappa shape index (κ1) is 20.5. The molecule has 5 aromatic rings. The molecule has 0 unspecified atom stereocenters. The second-order valence-corrected chi connectivity index (χ2v) is 8.12. The van der Waals surface area contributed by atoms with Gasteiger partial charge in [-0.2, -0.15) is 0 Å². The van der Waals surface area contributed by atoms with E-state index in [1.807, 2.05) is 72.8 Å². The smallest absolute Gasteiger partial charge is 0.137 e. The standard InChI is InChI=1S/C28H24N4O/c1-17(29)23-15-24(18(2)30)26(16-25(23)31-19-8-4-3-5-9-19)32-20-12-13-22-21-10-6-7-11-27(21)33-28(22)14-20/h3-16,29-32H,1-2H3. The van der Waals surface area contributed by atoms with Crippen molar-refractivity contribution in [3.63, 3.8) is 0 Å². The topological polar surface area (TPSA) is 84.9 Å². The normalized spacial score (nSPS) is 11.0. The fraction of sp³-hybridized carbons (Fsp3) is 0.0714. The highest BCUT2D eigenvalue weighted by Crippen LogP contribution is 2.34. The molecule has 0 saturated heterocycles. The largest absolute Gasteiger partial charge is 0.456 e. The number of furan rings is 1. The zero-order chi connectivity index (χ0) is 22.9. The van der Waals surface area contributed by atoms with Gasteiger partial charge in [-0.15, -0.1) is 0 Å². The Hall–Kier alpha value is -4.38. The average molecular weight is 433 g/mol. The molecule has 5 heteroatoms. The van der Waals surface area contributed by atoms with Crippen molar-refractivity contribution >= 4 is 56.1 Å². The number of rotatable bonds is 6. The van der Waals surface area contributed by atoms with Crippen molar-refractivity contribution in [3.05, 3.63) is 96.1 Å². The third kappa shape index (κ3) is 3.96. The van der Waals surface area contributed by atoms with Crippen molar-refractivity contribution in [1.29, 1.82) is 10.8 Å². The van der Waals surface area contributed by atoms with Crippen LogP contribution in [0.3, 0.4) is 0 Å². The minimum absolute atomic E-state index is 0.427. The van der Waals surface area contributed by atoms with Crippen LogP contribution in [0.1, 0.15) is 25.0 Å². The summed E-state index contributed by atoms with van der Waals surface area (Å²) in [7, 11) is 0. The number of hydrogen-bond acceptors (Lipinski definition) is 5. The lowest BCUT2D eigenvalue weighted by molar-refractivity contribution is 0.669. The van der Waals surface area contributed by atoms with Gasteiger partial charge in [0.1, 0.15) is 11.2 Å². The Bertz CT molecular complexity index is 1520. The first-order valence-electron chi connectivity index (χ1n) is 10.8. The van der Waals surface area contributed by atoms with E-state index in [4.69, 9.17) is 15.2 Å². The number of hydrogen-bond donors (Lipinski definition) is 4. The summed E-state index contributed by atoms with van der Waals surface area (Å²) in [6.45, 7) is 3.52. The van der Waals surface area contributed by atoms with Gasteiger partial charge in [-0.05, 0) is 56.3 Å². The number of anilines is 4. The van der Waals surface area contributed by atoms with Crippen LogP contribution < -0.4 is 10.6 Å². The summed E-state index contributed by atoms with van der Waals surface area (Å²) in [5, 5.41) is 25.7. The molecule has 5 rings (SSSR count). The van der Waals surface area contributed by atoms with E-state index in [0.29, 0.717) is 11.4 Å². The lowest BCUT2D eigenvalue weighted by Gasteiger charge is -2.18. The van der Waals surface area contributed by atoms with Crippen molar-refractivity contribution in [2.45, 2.75) is 13.8 Å². The molecular formula is C28H24N4O. The summed E-state index contributed by atoms with van der Waals surface area (Å²) in [5.74, 6) is 0. The zero-order valence-electron chi connectivity index (χ0n) is 18.5. The maximum atomic E-state index is 8.33. The molecule has 0 bridgehead atoms. The molecule has 0 spiro atoms. The lowest BCUT2D eigenvalue weighted by atomic mass is 9.99. The molecule has 0 radical (unpaired) electrons. The van der Waals surface area contributed by atoms with E-state index >= 15 is 0 Å². The molecule has 162 valence electrons. The van der Waals surface area contributed by atoms with Crippen molar-refractivity contribution < 1.29 is 4.42 Å². The van der Waals surface area contributed by atoms with Gasteiger partial charge in [-0.25, -0.2) is 0 Å². The van der Waals surface area contributed by atoms with Gasteiger partial charge >= 0.3 is 0 Å². The third-order valence-electron chi connectivity index (χ3n) is 5.68. The Morgan fingerprint density at radius 1 is 0.606 bits per heavy atom. The Labute approximate surface area is 192 Å². The lowest BCUT2D eigenvalue weighted by Crippen LogP contribution is -2.07. The van der Waals surface area contributed by atoms with Crippen LogP contribution in [0.4, 0.5) is 22.7 Å². The molecule has 1 aromatic heterocycles. The zero-order valence-corrected chi connectivity index (χ0v) is 18.5. The van der Waals surface area contributed by atoms with Gasteiger partial charge in [-0.3, -0.25) is 0 Å². The molecule has 0 aliphatic heterocycles. The summed E-state index contributed by atoms with van der Waals surface area (Å²) in [6, 6.07) is 27.8. The quantitative estimate of drug-likeness (QED) is 0.206. The van der Waals surface area contributed by atoms with E-state index in [2.05, 4.69) is 22.8 Å². The van der Waals surface area contributed by atoms with Gasteiger partial charge in [0.2, 0.25) is 0 Å². The second kappa shape index (κ2) is 8.28. The van der Waals surface area contributed by atoms with Crippen LogP contribution in [0.25, 0.3) is 21.9 Å². The van der Waals surface area contributed by atoms with E-state index in [1.54, 1.807) is 13.8 Å². The first-order valence-corrected chi connectivity index (χ1v) is 10.8. The van der Waals surface area contributed by atoms with Crippen molar-refractivity contribution in [1.82, 2.24) is 0 Å². The van der Waals surface area contributed by atoms with Crippen molar-refractivity contribution in [2.24, 2.45) is 0 Å². The summed E-state index contributed by atoms with van der Waals surface area (Å²) in [4.78, 5) is 0. The molecule has 0 fully saturated rings. The summed E-state index contributed by atoms with van der Waals surface area (Å²) >= 11 is 0. The van der Waals surface area contributed by atoms with Gasteiger partial charge in [-0.1, -0.05) is 36.4 Å². The molecule has 0 saturated carbocycles. The highest BCUT2D eigenvalue weighted by atomic mass is 16.3. The Kier molecular flexibility index (Phi) is 5.15. The van der Waals surface area contributed by atoms with E-state index in [9.17, 15) is 0 Å². The maximum absolute atomic E-state index is 8.33. The molecule has 4 aromatic carbocycles. The van der Waals surface area contributed by atoms with E-state index in [1.165, 1.54) is 0 Å². The number of fused-ring (bicyclic) bond motifs is 3. The summed E-state index contributed by atoms with van der Waals surface area (Å²) in [6.07, 6.45) is 0. The van der Waals surface area contributed by atoms with E-state index in [-0.39, 0.29) is 0 Å². The molecule has 0 amide bonds. The van der Waals surface area contributed by atoms with E-state index < -0.39 is 0 Å². The van der Waals surface area contributed by atoms with Gasteiger partial charge in [0.05, 0.1) is 0 Å². The molecular weight excluding hydrogens is 408 g/mol. The van der Waals surface area contributed by atoms with Crippen LogP contribution in [0.5, 0.6) is 0 Å². The average Bonchev–Trinajstić information content (AvgIpc) is 3.17. The summed E-state index contributed by atoms with van der Waals surface area (Å²) in [5.41, 5.74) is 7.46. The van der Waals surface area contributed by atoms with Crippen molar-refractivity contribution in [2.75, 3.05) is 10.6 Å². The minimum Gasteiger partial charge on any atom is -0.456 e. The van der Waals surface area contributed by atoms with Crippen molar-refractivity contribution in [3.8, 4) is 0 Å². The highest BCUT2D eigenvalue weighted by Gasteiger charge is 2.15. The molecule has 0 aliphatic rings. The van der Waals surface area contributed by atoms with Crippen LogP contribution in [0.2, 0.25) is 0 Å². The summed E-state index contributed by atoms with van der Waals surface area (Å²) < 4.78 is 6.04. The van der Waals surface area contributed by atoms with Gasteiger partial charge in [0, 0.05) is 62.1 Å². The predicted molar refractivity (Wildman–Crippen MR) is 138 cm³/mol. The maximum Gasteiger partial charge on any atom is 0.137 e. The second-order valence-electron chi connectivity index (χ2n) is 8.12. The number of nitrogens with one attached hydrogen (secondary N) is 4.